The first kappa shape index (κ1) is 17.0. The SMILES string of the molecule is Cc1ccccc1-c1nn(-c2ccc(Cl)cc2C(F)(F)F)c2c1CCN2. The maximum Gasteiger partial charge on any atom is 0.418 e. The van der Waals surface area contributed by atoms with E-state index in [0.29, 0.717) is 24.5 Å². The van der Waals surface area contributed by atoms with Gasteiger partial charge < -0.3 is 5.32 Å². The van der Waals surface area contributed by atoms with Crippen LogP contribution in [-0.4, -0.2) is 16.3 Å². The number of nitrogens with zero attached hydrogens (tertiary/aromatic N) is 2. The molecule has 0 spiro atoms. The lowest BCUT2D eigenvalue weighted by Crippen LogP contribution is -2.13. The maximum absolute atomic E-state index is 13.5. The molecule has 26 heavy (non-hydrogen) atoms. The Hall–Kier alpha value is -2.47. The number of benzene rings is 2. The molecule has 0 unspecified atom stereocenters. The van der Waals surface area contributed by atoms with Crippen LogP contribution in [0.2, 0.25) is 5.02 Å². The van der Waals surface area contributed by atoms with Gasteiger partial charge in [-0.1, -0.05) is 35.9 Å². The smallest absolute Gasteiger partial charge is 0.369 e. The van der Waals surface area contributed by atoms with Crippen LogP contribution in [0.1, 0.15) is 16.7 Å². The molecule has 1 aliphatic rings. The Kier molecular flexibility index (Phi) is 3.95. The molecule has 0 amide bonds. The first-order valence-corrected chi connectivity index (χ1v) is 8.53. The minimum absolute atomic E-state index is 0.0348. The van der Waals surface area contributed by atoms with Crippen molar-refractivity contribution in [3.8, 4) is 16.9 Å². The zero-order valence-electron chi connectivity index (χ0n) is 13.9. The quantitative estimate of drug-likeness (QED) is 0.640. The van der Waals surface area contributed by atoms with E-state index in [1.165, 1.54) is 16.8 Å². The number of hydrogen-bond donors (Lipinski definition) is 1. The van der Waals surface area contributed by atoms with Gasteiger partial charge in [0.1, 0.15) is 5.82 Å². The highest BCUT2D eigenvalue weighted by Crippen LogP contribution is 2.40. The molecule has 0 bridgehead atoms. The minimum Gasteiger partial charge on any atom is -0.369 e. The third-order valence-corrected chi connectivity index (χ3v) is 4.78. The second kappa shape index (κ2) is 6.06. The molecule has 0 aliphatic carbocycles. The molecule has 1 aromatic heterocycles. The Balaban J connectivity index is 1.96. The lowest BCUT2D eigenvalue weighted by atomic mass is 10.0. The zero-order chi connectivity index (χ0) is 18.5. The van der Waals surface area contributed by atoms with Crippen LogP contribution in [0.25, 0.3) is 16.9 Å². The van der Waals surface area contributed by atoms with Crippen molar-refractivity contribution in [2.75, 3.05) is 11.9 Å². The molecular formula is C19H15ClF3N3. The lowest BCUT2D eigenvalue weighted by molar-refractivity contribution is -0.137. The molecule has 1 N–H and O–H groups in total. The summed E-state index contributed by atoms with van der Waals surface area (Å²) in [6.45, 7) is 2.63. The average molecular weight is 378 g/mol. The number of nitrogens with one attached hydrogen (secondary N) is 1. The summed E-state index contributed by atoms with van der Waals surface area (Å²) in [5.41, 5.74) is 2.76. The molecular weight excluding hydrogens is 363 g/mol. The summed E-state index contributed by atoms with van der Waals surface area (Å²) in [5.74, 6) is 0.607. The van der Waals surface area contributed by atoms with Crippen molar-refractivity contribution in [2.24, 2.45) is 0 Å². The first-order chi connectivity index (χ1) is 12.4. The van der Waals surface area contributed by atoms with E-state index in [4.69, 9.17) is 11.6 Å². The van der Waals surface area contributed by atoms with Crippen LogP contribution < -0.4 is 5.32 Å². The summed E-state index contributed by atoms with van der Waals surface area (Å²) in [6.07, 6.45) is -3.81. The predicted octanol–water partition coefficient (Wildman–Crippen LogP) is 5.49. The van der Waals surface area contributed by atoms with Crippen molar-refractivity contribution >= 4 is 17.4 Å². The van der Waals surface area contributed by atoms with Crippen molar-refractivity contribution in [1.82, 2.24) is 9.78 Å². The van der Waals surface area contributed by atoms with Crippen LogP contribution in [0.4, 0.5) is 19.0 Å². The van der Waals surface area contributed by atoms with Gasteiger partial charge in [0.05, 0.1) is 16.9 Å². The van der Waals surface area contributed by atoms with E-state index in [0.717, 1.165) is 22.8 Å². The second-order valence-corrected chi connectivity index (χ2v) is 6.67. The number of fused-ring (bicyclic) bond motifs is 1. The molecule has 3 nitrogen and oxygen atoms in total. The van der Waals surface area contributed by atoms with Crippen LogP contribution in [0.5, 0.6) is 0 Å². The summed E-state index contributed by atoms with van der Waals surface area (Å²) >= 11 is 5.80. The third kappa shape index (κ3) is 2.74. The third-order valence-electron chi connectivity index (χ3n) is 4.54. The van der Waals surface area contributed by atoms with Crippen LogP contribution in [0, 0.1) is 6.92 Å². The molecule has 0 radical (unpaired) electrons. The van der Waals surface area contributed by atoms with Gasteiger partial charge in [-0.15, -0.1) is 0 Å². The first-order valence-electron chi connectivity index (χ1n) is 8.15. The number of aromatic nitrogens is 2. The minimum atomic E-state index is -4.53. The fourth-order valence-corrected chi connectivity index (χ4v) is 3.50. The van der Waals surface area contributed by atoms with E-state index in [1.54, 1.807) is 0 Å². The lowest BCUT2D eigenvalue weighted by Gasteiger charge is -2.15. The van der Waals surface area contributed by atoms with E-state index in [1.807, 2.05) is 31.2 Å². The van der Waals surface area contributed by atoms with E-state index in [9.17, 15) is 13.2 Å². The molecule has 7 heteroatoms. The Morgan fingerprint density at radius 3 is 2.65 bits per heavy atom. The van der Waals surface area contributed by atoms with Crippen molar-refractivity contribution in [3.63, 3.8) is 0 Å². The van der Waals surface area contributed by atoms with Gasteiger partial charge in [-0.05, 0) is 37.1 Å². The van der Waals surface area contributed by atoms with E-state index >= 15 is 0 Å². The molecule has 0 fully saturated rings. The van der Waals surface area contributed by atoms with E-state index in [2.05, 4.69) is 10.4 Å². The zero-order valence-corrected chi connectivity index (χ0v) is 14.6. The van der Waals surface area contributed by atoms with Gasteiger partial charge in [0, 0.05) is 22.7 Å². The molecule has 0 saturated carbocycles. The van der Waals surface area contributed by atoms with Gasteiger partial charge in [-0.2, -0.15) is 18.3 Å². The Morgan fingerprint density at radius 2 is 1.92 bits per heavy atom. The van der Waals surface area contributed by atoms with Gasteiger partial charge in [-0.3, -0.25) is 0 Å². The number of rotatable bonds is 2. The number of halogens is 4. The average Bonchev–Trinajstić information content (AvgIpc) is 3.17. The molecule has 3 aromatic rings. The monoisotopic (exact) mass is 377 g/mol. The number of anilines is 1. The Bertz CT molecular complexity index is 992. The summed E-state index contributed by atoms with van der Waals surface area (Å²) in [7, 11) is 0. The van der Waals surface area contributed by atoms with Crippen LogP contribution in [0.15, 0.2) is 42.5 Å². The van der Waals surface area contributed by atoms with Crippen molar-refractivity contribution in [3.05, 3.63) is 64.2 Å². The van der Waals surface area contributed by atoms with Gasteiger partial charge in [0.2, 0.25) is 0 Å². The van der Waals surface area contributed by atoms with Crippen molar-refractivity contribution < 1.29 is 13.2 Å². The topological polar surface area (TPSA) is 29.9 Å². The largest absolute Gasteiger partial charge is 0.418 e. The summed E-state index contributed by atoms with van der Waals surface area (Å²) in [4.78, 5) is 0. The van der Waals surface area contributed by atoms with E-state index < -0.39 is 11.7 Å². The van der Waals surface area contributed by atoms with Crippen molar-refractivity contribution in [1.29, 1.82) is 0 Å². The Morgan fingerprint density at radius 1 is 1.15 bits per heavy atom. The van der Waals surface area contributed by atoms with Gasteiger partial charge >= 0.3 is 6.18 Å². The van der Waals surface area contributed by atoms with Gasteiger partial charge in [0.25, 0.3) is 0 Å². The second-order valence-electron chi connectivity index (χ2n) is 6.24. The molecule has 0 saturated heterocycles. The highest BCUT2D eigenvalue weighted by atomic mass is 35.5. The standard InChI is InChI=1S/C19H15ClF3N3/c1-11-4-2-3-5-13(11)17-14-8-9-24-18(14)26(25-17)16-7-6-12(20)10-15(16)19(21,22)23/h2-7,10,24H,8-9H2,1H3. The fourth-order valence-electron chi connectivity index (χ4n) is 3.32. The van der Waals surface area contributed by atoms with Crippen molar-refractivity contribution in [2.45, 2.75) is 19.5 Å². The number of aryl methyl sites for hydroxylation is 1. The molecule has 134 valence electrons. The Labute approximate surface area is 153 Å². The molecule has 4 rings (SSSR count). The maximum atomic E-state index is 13.5. The highest BCUT2D eigenvalue weighted by Gasteiger charge is 2.36. The molecule has 2 aromatic carbocycles. The number of alkyl halides is 3. The van der Waals surface area contributed by atoms with Gasteiger partial charge in [-0.25, -0.2) is 4.68 Å². The molecule has 2 heterocycles. The summed E-state index contributed by atoms with van der Waals surface area (Å²) in [6, 6.07) is 11.5. The van der Waals surface area contributed by atoms with Crippen LogP contribution >= 0.6 is 11.6 Å². The highest BCUT2D eigenvalue weighted by molar-refractivity contribution is 6.30. The molecule has 0 atom stereocenters. The van der Waals surface area contributed by atoms with E-state index in [-0.39, 0.29) is 10.7 Å². The van der Waals surface area contributed by atoms with Crippen LogP contribution in [0.3, 0.4) is 0 Å². The number of hydrogen-bond acceptors (Lipinski definition) is 2. The van der Waals surface area contributed by atoms with Crippen LogP contribution in [-0.2, 0) is 12.6 Å². The molecule has 1 aliphatic heterocycles. The summed E-state index contributed by atoms with van der Waals surface area (Å²) in [5, 5.41) is 7.76. The van der Waals surface area contributed by atoms with Gasteiger partial charge in [0.15, 0.2) is 0 Å². The predicted molar refractivity (Wildman–Crippen MR) is 95.9 cm³/mol. The normalized spacial score (nSPS) is 13.6. The fraction of sp³-hybridized carbons (Fsp3) is 0.211. The summed E-state index contributed by atoms with van der Waals surface area (Å²) < 4.78 is 42.0.